The lowest BCUT2D eigenvalue weighted by molar-refractivity contribution is -0.143. The summed E-state index contributed by atoms with van der Waals surface area (Å²) in [5, 5.41) is 3.36. The van der Waals surface area contributed by atoms with Crippen LogP contribution in [0.25, 0.3) is 0 Å². The van der Waals surface area contributed by atoms with Gasteiger partial charge in [0.25, 0.3) is 0 Å². The second-order valence-corrected chi connectivity index (χ2v) is 5.19. The van der Waals surface area contributed by atoms with E-state index >= 15 is 0 Å². The van der Waals surface area contributed by atoms with Gasteiger partial charge in [0.2, 0.25) is 0 Å². The second-order valence-electron chi connectivity index (χ2n) is 5.19. The van der Waals surface area contributed by atoms with Gasteiger partial charge in [0.1, 0.15) is 6.04 Å². The highest BCUT2D eigenvalue weighted by molar-refractivity contribution is 5.76. The third-order valence-corrected chi connectivity index (χ3v) is 3.79. The van der Waals surface area contributed by atoms with Gasteiger partial charge in [0.05, 0.1) is 7.11 Å². The van der Waals surface area contributed by atoms with Crippen molar-refractivity contribution in [2.75, 3.05) is 33.3 Å². The van der Waals surface area contributed by atoms with Gasteiger partial charge in [-0.15, -0.1) is 0 Å². The van der Waals surface area contributed by atoms with Crippen LogP contribution in [0, 0.1) is 5.92 Å². The summed E-state index contributed by atoms with van der Waals surface area (Å²) in [5.41, 5.74) is 0. The fraction of sp³-hybridized carbons (Fsp3) is 0.923. The maximum Gasteiger partial charge on any atom is 0.323 e. The summed E-state index contributed by atoms with van der Waals surface area (Å²) in [7, 11) is 1.48. The monoisotopic (exact) mass is 240 g/mol. The van der Waals surface area contributed by atoms with E-state index in [2.05, 4.69) is 10.2 Å². The third kappa shape index (κ3) is 3.96. The van der Waals surface area contributed by atoms with Crippen molar-refractivity contribution in [3.63, 3.8) is 0 Å². The number of carbonyl (C=O) groups is 1. The summed E-state index contributed by atoms with van der Waals surface area (Å²) < 4.78 is 4.84. The molecule has 0 radical (unpaired) electrons. The zero-order chi connectivity index (χ0) is 12.1. The fourth-order valence-electron chi connectivity index (χ4n) is 2.56. The Morgan fingerprint density at radius 3 is 2.65 bits per heavy atom. The normalized spacial score (nSPS) is 23.4. The fourth-order valence-corrected chi connectivity index (χ4v) is 2.56. The third-order valence-electron chi connectivity index (χ3n) is 3.79. The Balaban J connectivity index is 1.66. The van der Waals surface area contributed by atoms with Crippen LogP contribution in [0.3, 0.4) is 0 Å². The lowest BCUT2D eigenvalue weighted by Crippen LogP contribution is -2.44. The predicted octanol–water partition coefficient (Wildman–Crippen LogP) is 1.01. The number of nitrogens with zero attached hydrogens (tertiary/aromatic N) is 1. The molecular weight excluding hydrogens is 216 g/mol. The van der Waals surface area contributed by atoms with Gasteiger partial charge in [-0.3, -0.25) is 4.79 Å². The van der Waals surface area contributed by atoms with Gasteiger partial charge in [-0.25, -0.2) is 0 Å². The molecule has 0 aromatic rings. The van der Waals surface area contributed by atoms with Crippen LogP contribution in [-0.4, -0.2) is 50.2 Å². The Labute approximate surface area is 104 Å². The summed E-state index contributed by atoms with van der Waals surface area (Å²) in [6, 6.07) is -0.0650. The molecule has 2 rings (SSSR count). The quantitative estimate of drug-likeness (QED) is 0.704. The van der Waals surface area contributed by atoms with Crippen molar-refractivity contribution in [1.82, 2.24) is 10.2 Å². The van der Waals surface area contributed by atoms with Crippen LogP contribution in [0.15, 0.2) is 0 Å². The Morgan fingerprint density at radius 2 is 2.06 bits per heavy atom. The Morgan fingerprint density at radius 1 is 1.35 bits per heavy atom. The van der Waals surface area contributed by atoms with E-state index < -0.39 is 0 Å². The zero-order valence-corrected chi connectivity index (χ0v) is 10.8. The number of hydrogen-bond acceptors (Lipinski definition) is 4. The second kappa shape index (κ2) is 6.36. The molecular formula is C13H24N2O2. The number of rotatable bonds is 6. The average molecular weight is 240 g/mol. The van der Waals surface area contributed by atoms with E-state index in [0.717, 1.165) is 25.9 Å². The number of methoxy groups -OCH3 is 1. The first kappa shape index (κ1) is 12.8. The van der Waals surface area contributed by atoms with Crippen LogP contribution in [0.1, 0.15) is 32.1 Å². The first-order chi connectivity index (χ1) is 8.31. The first-order valence-corrected chi connectivity index (χ1v) is 6.85. The minimum Gasteiger partial charge on any atom is -0.468 e. The molecule has 1 N–H and O–H groups in total. The summed E-state index contributed by atoms with van der Waals surface area (Å²) in [6.07, 6.45) is 6.34. The maximum atomic E-state index is 11.6. The lowest BCUT2D eigenvalue weighted by Gasteiger charge is -2.27. The molecule has 1 aliphatic heterocycles. The van der Waals surface area contributed by atoms with Crippen molar-refractivity contribution in [1.29, 1.82) is 0 Å². The highest BCUT2D eigenvalue weighted by atomic mass is 16.5. The van der Waals surface area contributed by atoms with Crippen LogP contribution in [-0.2, 0) is 9.53 Å². The van der Waals surface area contributed by atoms with Crippen LogP contribution in [0.5, 0.6) is 0 Å². The summed E-state index contributed by atoms with van der Waals surface area (Å²) in [5.74, 6) is 0.426. The summed E-state index contributed by atoms with van der Waals surface area (Å²) >= 11 is 0. The molecule has 1 saturated carbocycles. The molecule has 4 heteroatoms. The highest BCUT2D eigenvalue weighted by Gasteiger charge is 2.36. The molecule has 98 valence electrons. The van der Waals surface area contributed by atoms with E-state index in [9.17, 15) is 4.79 Å². The topological polar surface area (TPSA) is 41.6 Å². The largest absolute Gasteiger partial charge is 0.468 e. The van der Waals surface area contributed by atoms with Crippen LogP contribution < -0.4 is 5.32 Å². The molecule has 1 unspecified atom stereocenters. The zero-order valence-electron chi connectivity index (χ0n) is 10.8. The smallest absolute Gasteiger partial charge is 0.323 e. The molecule has 17 heavy (non-hydrogen) atoms. The van der Waals surface area contributed by atoms with E-state index in [4.69, 9.17) is 4.74 Å². The highest BCUT2D eigenvalue weighted by Crippen LogP contribution is 2.33. The van der Waals surface area contributed by atoms with Gasteiger partial charge in [-0.1, -0.05) is 6.42 Å². The standard InChI is InChI=1S/C13H24N2O2/c1-17-13(16)12(11-5-6-11)14-7-10-15-8-3-2-4-9-15/h11-12,14H,2-10H2,1H3. The van der Waals surface area contributed by atoms with E-state index in [1.807, 2.05) is 0 Å². The molecule has 4 nitrogen and oxygen atoms in total. The molecule has 1 aliphatic carbocycles. The molecule has 0 amide bonds. The molecule has 2 fully saturated rings. The Bertz CT molecular complexity index is 248. The SMILES string of the molecule is COC(=O)C(NCCN1CCCCC1)C1CC1. The molecule has 0 spiro atoms. The number of likely N-dealkylation sites (tertiary alicyclic amines) is 1. The molecule has 0 aromatic carbocycles. The lowest BCUT2D eigenvalue weighted by atomic mass is 10.1. The number of ether oxygens (including phenoxy) is 1. The first-order valence-electron chi connectivity index (χ1n) is 6.85. The maximum absolute atomic E-state index is 11.6. The Hall–Kier alpha value is -0.610. The van der Waals surface area contributed by atoms with Crippen molar-refractivity contribution in [2.24, 2.45) is 5.92 Å². The molecule has 1 atom stereocenters. The van der Waals surface area contributed by atoms with Gasteiger partial charge in [-0.2, -0.15) is 0 Å². The van der Waals surface area contributed by atoms with Gasteiger partial charge in [0.15, 0.2) is 0 Å². The minimum absolute atomic E-state index is 0.0650. The minimum atomic E-state index is -0.0915. The van der Waals surface area contributed by atoms with E-state index in [1.165, 1.54) is 39.5 Å². The molecule has 0 bridgehead atoms. The van der Waals surface area contributed by atoms with Gasteiger partial charge >= 0.3 is 5.97 Å². The number of piperidine rings is 1. The summed E-state index contributed by atoms with van der Waals surface area (Å²) in [6.45, 7) is 4.39. The Kier molecular flexibility index (Phi) is 4.80. The van der Waals surface area contributed by atoms with Gasteiger partial charge < -0.3 is 15.0 Å². The van der Waals surface area contributed by atoms with Crippen LogP contribution >= 0.6 is 0 Å². The van der Waals surface area contributed by atoms with E-state index in [1.54, 1.807) is 0 Å². The molecule has 0 aromatic heterocycles. The number of nitrogens with one attached hydrogen (secondary N) is 1. The van der Waals surface area contributed by atoms with Gasteiger partial charge in [0, 0.05) is 13.1 Å². The van der Waals surface area contributed by atoms with Gasteiger partial charge in [-0.05, 0) is 44.7 Å². The molecule has 1 heterocycles. The molecule has 2 aliphatic rings. The predicted molar refractivity (Wildman–Crippen MR) is 66.8 cm³/mol. The van der Waals surface area contributed by atoms with Crippen molar-refractivity contribution in [3.8, 4) is 0 Å². The number of hydrogen-bond donors (Lipinski definition) is 1. The average Bonchev–Trinajstić information content (AvgIpc) is 3.19. The van der Waals surface area contributed by atoms with Crippen molar-refractivity contribution in [2.45, 2.75) is 38.1 Å². The van der Waals surface area contributed by atoms with E-state index in [0.29, 0.717) is 5.92 Å². The van der Waals surface area contributed by atoms with Crippen molar-refractivity contribution in [3.05, 3.63) is 0 Å². The van der Waals surface area contributed by atoms with Crippen LogP contribution in [0.2, 0.25) is 0 Å². The molecule has 1 saturated heterocycles. The number of carbonyl (C=O) groups excluding carboxylic acids is 1. The van der Waals surface area contributed by atoms with E-state index in [-0.39, 0.29) is 12.0 Å². The van der Waals surface area contributed by atoms with Crippen LogP contribution in [0.4, 0.5) is 0 Å². The van der Waals surface area contributed by atoms with Crippen molar-refractivity contribution < 1.29 is 9.53 Å². The number of esters is 1. The van der Waals surface area contributed by atoms with Crippen molar-refractivity contribution >= 4 is 5.97 Å². The summed E-state index contributed by atoms with van der Waals surface area (Å²) in [4.78, 5) is 14.1.